The van der Waals surface area contributed by atoms with Crippen molar-refractivity contribution in [3.8, 4) is 0 Å². The molecule has 0 saturated carbocycles. The van der Waals surface area contributed by atoms with Gasteiger partial charge in [-0.2, -0.15) is 0 Å². The Morgan fingerprint density at radius 3 is 2.68 bits per heavy atom. The minimum absolute atomic E-state index is 0.347. The second-order valence-electron chi connectivity index (χ2n) is 4.38. The van der Waals surface area contributed by atoms with E-state index >= 15 is 0 Å². The summed E-state index contributed by atoms with van der Waals surface area (Å²) in [5.74, 6) is 0.952. The maximum atomic E-state index is 5.30. The van der Waals surface area contributed by atoms with E-state index < -0.39 is 0 Å². The van der Waals surface area contributed by atoms with Crippen molar-refractivity contribution in [3.05, 3.63) is 42.1 Å². The molecule has 102 valence electrons. The summed E-state index contributed by atoms with van der Waals surface area (Å²) in [5.41, 5.74) is 1.11. The number of furan rings is 1. The maximum Gasteiger partial charge on any atom is 0.114 e. The van der Waals surface area contributed by atoms with Gasteiger partial charge in [0.15, 0.2) is 0 Å². The number of aromatic nitrogens is 1. The van der Waals surface area contributed by atoms with E-state index in [9.17, 15) is 0 Å². The topological polar surface area (TPSA) is 38.1 Å². The van der Waals surface area contributed by atoms with Crippen LogP contribution in [0.4, 0.5) is 0 Å². The molecule has 2 rings (SSSR count). The second-order valence-corrected chi connectivity index (χ2v) is 5.50. The number of hydrogen-bond donors (Lipinski definition) is 1. The molecule has 3 nitrogen and oxygen atoms in total. The number of rotatable bonds is 6. The highest BCUT2D eigenvalue weighted by molar-refractivity contribution is 7.99. The average Bonchev–Trinajstić information content (AvgIpc) is 2.83. The van der Waals surface area contributed by atoms with Gasteiger partial charge in [0.25, 0.3) is 0 Å². The Bertz CT molecular complexity index is 507. The van der Waals surface area contributed by atoms with E-state index in [0.717, 1.165) is 34.2 Å². The predicted octanol–water partition coefficient (Wildman–Crippen LogP) is 4.19. The van der Waals surface area contributed by atoms with E-state index in [1.165, 1.54) is 0 Å². The van der Waals surface area contributed by atoms with Crippen molar-refractivity contribution in [1.82, 2.24) is 10.3 Å². The molecule has 4 heteroatoms. The molecular formula is C15H20N2OS. The van der Waals surface area contributed by atoms with Crippen LogP contribution in [-0.2, 0) is 0 Å². The van der Waals surface area contributed by atoms with Crippen LogP contribution in [-0.4, -0.2) is 11.5 Å². The predicted molar refractivity (Wildman–Crippen MR) is 78.5 cm³/mol. The first kappa shape index (κ1) is 14.2. The number of nitrogens with zero attached hydrogens (tertiary/aromatic N) is 1. The van der Waals surface area contributed by atoms with Crippen molar-refractivity contribution in [1.29, 1.82) is 0 Å². The molecule has 0 aliphatic heterocycles. The molecule has 0 bridgehead atoms. The number of nitrogens with one attached hydrogen (secondary N) is 1. The lowest BCUT2D eigenvalue weighted by molar-refractivity contribution is 0.524. The van der Waals surface area contributed by atoms with Gasteiger partial charge in [-0.3, -0.25) is 4.98 Å². The monoisotopic (exact) mass is 276 g/mol. The van der Waals surface area contributed by atoms with Gasteiger partial charge >= 0.3 is 0 Å². The van der Waals surface area contributed by atoms with Crippen molar-refractivity contribution in [3.63, 3.8) is 0 Å². The lowest BCUT2D eigenvalue weighted by Gasteiger charge is -2.15. The zero-order chi connectivity index (χ0) is 13.7. The van der Waals surface area contributed by atoms with Crippen LogP contribution < -0.4 is 5.32 Å². The van der Waals surface area contributed by atoms with Gasteiger partial charge < -0.3 is 9.73 Å². The zero-order valence-corrected chi connectivity index (χ0v) is 12.5. The van der Waals surface area contributed by atoms with Crippen molar-refractivity contribution in [2.75, 3.05) is 6.54 Å². The third-order valence-corrected chi connectivity index (χ3v) is 4.13. The molecule has 2 heterocycles. The quantitative estimate of drug-likeness (QED) is 0.858. The molecule has 19 heavy (non-hydrogen) atoms. The summed E-state index contributed by atoms with van der Waals surface area (Å²) in [5, 5.41) is 3.44. The number of hydrogen-bond acceptors (Lipinski definition) is 4. The minimum Gasteiger partial charge on any atom is -0.468 e. The molecule has 0 amide bonds. The Balaban J connectivity index is 2.08. The van der Waals surface area contributed by atoms with Gasteiger partial charge in [0.05, 0.1) is 16.9 Å². The molecule has 0 saturated heterocycles. The van der Waals surface area contributed by atoms with Crippen LogP contribution in [0.2, 0.25) is 0 Å². The van der Waals surface area contributed by atoms with Crippen molar-refractivity contribution >= 4 is 11.8 Å². The van der Waals surface area contributed by atoms with Crippen LogP contribution in [0.15, 0.2) is 44.9 Å². The molecule has 2 aromatic rings. The molecule has 1 unspecified atom stereocenters. The standard InChI is InChI=1S/C15H20N2OS/c1-4-13(16-5-2)14-7-6-12(10-17-14)19-15-8-9-18-11(15)3/h6-10,13,16H,4-5H2,1-3H3. The molecule has 2 aromatic heterocycles. The summed E-state index contributed by atoms with van der Waals surface area (Å²) >= 11 is 1.69. The van der Waals surface area contributed by atoms with Gasteiger partial charge in [0.1, 0.15) is 5.76 Å². The smallest absolute Gasteiger partial charge is 0.114 e. The summed E-state index contributed by atoms with van der Waals surface area (Å²) < 4.78 is 5.30. The summed E-state index contributed by atoms with van der Waals surface area (Å²) in [4.78, 5) is 6.85. The highest BCUT2D eigenvalue weighted by Gasteiger charge is 2.09. The molecule has 0 aromatic carbocycles. The van der Waals surface area contributed by atoms with E-state index in [4.69, 9.17) is 4.42 Å². The highest BCUT2D eigenvalue weighted by atomic mass is 32.2. The molecule has 0 fully saturated rings. The molecule has 0 aliphatic rings. The third-order valence-electron chi connectivity index (χ3n) is 3.01. The fourth-order valence-corrected chi connectivity index (χ4v) is 2.78. The van der Waals surface area contributed by atoms with E-state index in [-0.39, 0.29) is 0 Å². The fourth-order valence-electron chi connectivity index (χ4n) is 1.97. The Morgan fingerprint density at radius 2 is 2.16 bits per heavy atom. The summed E-state index contributed by atoms with van der Waals surface area (Å²) in [6.45, 7) is 7.23. The number of aryl methyl sites for hydroxylation is 1. The molecule has 1 N–H and O–H groups in total. The first-order valence-corrected chi connectivity index (χ1v) is 7.47. The summed E-state index contributed by atoms with van der Waals surface area (Å²) in [7, 11) is 0. The van der Waals surface area contributed by atoms with Crippen molar-refractivity contribution < 1.29 is 4.42 Å². The van der Waals surface area contributed by atoms with E-state index in [0.29, 0.717) is 6.04 Å². The molecule has 0 spiro atoms. The molecule has 0 aliphatic carbocycles. The van der Waals surface area contributed by atoms with Crippen LogP contribution in [0.1, 0.15) is 37.8 Å². The lowest BCUT2D eigenvalue weighted by atomic mass is 10.1. The summed E-state index contributed by atoms with van der Waals surface area (Å²) in [6, 6.07) is 6.56. The molecular weight excluding hydrogens is 256 g/mol. The Labute approximate surface area is 118 Å². The van der Waals surface area contributed by atoms with E-state index in [2.05, 4.69) is 36.3 Å². The minimum atomic E-state index is 0.347. The van der Waals surface area contributed by atoms with Crippen LogP contribution in [0.25, 0.3) is 0 Å². The van der Waals surface area contributed by atoms with Gasteiger partial charge in [-0.1, -0.05) is 25.6 Å². The van der Waals surface area contributed by atoms with Gasteiger partial charge in [0, 0.05) is 17.1 Å². The Kier molecular flexibility index (Phi) is 5.05. The van der Waals surface area contributed by atoms with Gasteiger partial charge in [0.2, 0.25) is 0 Å². The van der Waals surface area contributed by atoms with Crippen LogP contribution >= 0.6 is 11.8 Å². The fraction of sp³-hybridized carbons (Fsp3) is 0.400. The van der Waals surface area contributed by atoms with Crippen LogP contribution in [0, 0.1) is 6.92 Å². The lowest BCUT2D eigenvalue weighted by Crippen LogP contribution is -2.20. The normalized spacial score (nSPS) is 12.6. The van der Waals surface area contributed by atoms with Crippen LogP contribution in [0.3, 0.4) is 0 Å². The number of pyridine rings is 1. The third kappa shape index (κ3) is 3.61. The average molecular weight is 276 g/mol. The Hall–Kier alpha value is -1.26. The molecule has 1 atom stereocenters. The van der Waals surface area contributed by atoms with Gasteiger partial charge in [-0.05, 0) is 38.1 Å². The van der Waals surface area contributed by atoms with Crippen molar-refractivity contribution in [2.45, 2.75) is 43.0 Å². The maximum absolute atomic E-state index is 5.30. The van der Waals surface area contributed by atoms with E-state index in [1.807, 2.05) is 19.2 Å². The van der Waals surface area contributed by atoms with E-state index in [1.54, 1.807) is 18.0 Å². The molecule has 0 radical (unpaired) electrons. The van der Waals surface area contributed by atoms with Crippen molar-refractivity contribution in [2.24, 2.45) is 0 Å². The SMILES string of the molecule is CCNC(CC)c1ccc(Sc2ccoc2C)cn1. The first-order chi connectivity index (χ1) is 9.24. The summed E-state index contributed by atoms with van der Waals surface area (Å²) in [6.07, 6.45) is 4.71. The second kappa shape index (κ2) is 6.78. The zero-order valence-electron chi connectivity index (χ0n) is 11.6. The van der Waals surface area contributed by atoms with Crippen LogP contribution in [0.5, 0.6) is 0 Å². The largest absolute Gasteiger partial charge is 0.468 e. The Morgan fingerprint density at radius 1 is 1.32 bits per heavy atom. The highest BCUT2D eigenvalue weighted by Crippen LogP contribution is 2.30. The van der Waals surface area contributed by atoms with Gasteiger partial charge in [-0.25, -0.2) is 0 Å². The first-order valence-electron chi connectivity index (χ1n) is 6.65. The van der Waals surface area contributed by atoms with Gasteiger partial charge in [-0.15, -0.1) is 0 Å².